The van der Waals surface area contributed by atoms with Crippen LogP contribution in [0.2, 0.25) is 0 Å². The highest BCUT2D eigenvalue weighted by molar-refractivity contribution is 9.10. The van der Waals surface area contributed by atoms with Gasteiger partial charge in [-0.25, -0.2) is 0 Å². The molecule has 2 rings (SSSR count). The fourth-order valence-corrected chi connectivity index (χ4v) is 3.47. The van der Waals surface area contributed by atoms with Gasteiger partial charge in [0.2, 0.25) is 0 Å². The molecule has 1 aliphatic rings. The van der Waals surface area contributed by atoms with E-state index in [0.717, 1.165) is 36.0 Å². The largest absolute Gasteiger partial charge is 0.316 e. The van der Waals surface area contributed by atoms with E-state index in [9.17, 15) is 4.79 Å². The molecular formula is C11H14BrNOS. The lowest BCUT2D eigenvalue weighted by Crippen LogP contribution is -2.43. The molecule has 1 atom stereocenters. The summed E-state index contributed by atoms with van der Waals surface area (Å²) in [5.41, 5.74) is 0.619. The van der Waals surface area contributed by atoms with Gasteiger partial charge in [0, 0.05) is 32.8 Å². The van der Waals surface area contributed by atoms with Crippen molar-refractivity contribution in [2.75, 3.05) is 13.1 Å². The number of rotatable bonds is 2. The molecule has 1 aromatic rings. The normalized spacial score (nSPS) is 26.5. The van der Waals surface area contributed by atoms with Crippen LogP contribution in [0.25, 0.3) is 0 Å². The number of hydrogen-bond donors (Lipinski definition) is 1. The number of carbonyl (C=O) groups excluding carboxylic acids is 1. The first kappa shape index (κ1) is 11.3. The summed E-state index contributed by atoms with van der Waals surface area (Å²) >= 11 is 5.00. The van der Waals surface area contributed by atoms with Gasteiger partial charge in [0.1, 0.15) is 0 Å². The van der Waals surface area contributed by atoms with Gasteiger partial charge in [-0.05, 0) is 35.3 Å². The van der Waals surface area contributed by atoms with Gasteiger partial charge in [0.05, 0.1) is 0 Å². The average Bonchev–Trinajstić information content (AvgIpc) is 2.64. The van der Waals surface area contributed by atoms with E-state index in [2.05, 4.69) is 28.2 Å². The minimum atomic E-state index is -0.220. The SMILES string of the molecule is CC1(C(=O)c2cscc2Br)CCCNC1. The van der Waals surface area contributed by atoms with Crippen molar-refractivity contribution >= 4 is 33.0 Å². The van der Waals surface area contributed by atoms with Crippen molar-refractivity contribution < 1.29 is 4.79 Å². The number of ketones is 1. The molecule has 4 heteroatoms. The number of nitrogens with one attached hydrogen (secondary N) is 1. The zero-order valence-electron chi connectivity index (χ0n) is 8.68. The molecule has 0 radical (unpaired) electrons. The van der Waals surface area contributed by atoms with Crippen LogP contribution < -0.4 is 5.32 Å². The van der Waals surface area contributed by atoms with Gasteiger partial charge in [-0.1, -0.05) is 6.92 Å². The molecule has 0 saturated carbocycles. The summed E-state index contributed by atoms with van der Waals surface area (Å²) < 4.78 is 0.935. The summed E-state index contributed by atoms with van der Waals surface area (Å²) in [6.07, 6.45) is 2.07. The fourth-order valence-electron chi connectivity index (χ4n) is 2.02. The molecule has 0 aromatic carbocycles. The number of hydrogen-bond acceptors (Lipinski definition) is 3. The second-order valence-corrected chi connectivity index (χ2v) is 5.90. The van der Waals surface area contributed by atoms with E-state index in [-0.39, 0.29) is 11.2 Å². The Hall–Kier alpha value is -0.190. The van der Waals surface area contributed by atoms with E-state index in [4.69, 9.17) is 0 Å². The summed E-state index contributed by atoms with van der Waals surface area (Å²) in [4.78, 5) is 12.3. The molecule has 0 amide bonds. The summed E-state index contributed by atoms with van der Waals surface area (Å²) in [5.74, 6) is 0.267. The third-order valence-corrected chi connectivity index (χ3v) is 4.71. The maximum Gasteiger partial charge on any atom is 0.171 e. The van der Waals surface area contributed by atoms with Gasteiger partial charge in [0.15, 0.2) is 5.78 Å². The number of piperidine rings is 1. The lowest BCUT2D eigenvalue weighted by atomic mass is 9.77. The predicted molar refractivity (Wildman–Crippen MR) is 66.6 cm³/mol. The van der Waals surface area contributed by atoms with Crippen molar-refractivity contribution in [3.8, 4) is 0 Å². The number of halogens is 1. The van der Waals surface area contributed by atoms with E-state index in [1.54, 1.807) is 11.3 Å². The molecular weight excluding hydrogens is 274 g/mol. The second-order valence-electron chi connectivity index (χ2n) is 4.30. The van der Waals surface area contributed by atoms with Crippen LogP contribution in [0.1, 0.15) is 30.1 Å². The molecule has 2 nitrogen and oxygen atoms in total. The minimum Gasteiger partial charge on any atom is -0.316 e. The molecule has 82 valence electrons. The Balaban J connectivity index is 2.23. The zero-order valence-corrected chi connectivity index (χ0v) is 11.1. The zero-order chi connectivity index (χ0) is 10.9. The molecule has 1 unspecified atom stereocenters. The first-order valence-corrected chi connectivity index (χ1v) is 6.84. The quantitative estimate of drug-likeness (QED) is 0.847. The minimum absolute atomic E-state index is 0.220. The third-order valence-electron chi connectivity index (χ3n) is 3.00. The van der Waals surface area contributed by atoms with Crippen LogP contribution in [0.15, 0.2) is 15.2 Å². The second kappa shape index (κ2) is 4.36. The molecule has 1 saturated heterocycles. The Kier molecular flexibility index (Phi) is 3.28. The summed E-state index contributed by atoms with van der Waals surface area (Å²) in [5, 5.41) is 7.21. The van der Waals surface area contributed by atoms with Gasteiger partial charge in [-0.15, -0.1) is 0 Å². The Morgan fingerprint density at radius 1 is 1.60 bits per heavy atom. The Morgan fingerprint density at radius 2 is 2.40 bits per heavy atom. The predicted octanol–water partition coefficient (Wildman–Crippen LogP) is 3.08. The molecule has 1 N–H and O–H groups in total. The maximum absolute atomic E-state index is 12.3. The highest BCUT2D eigenvalue weighted by atomic mass is 79.9. The van der Waals surface area contributed by atoms with Gasteiger partial charge in [-0.2, -0.15) is 11.3 Å². The van der Waals surface area contributed by atoms with Crippen molar-refractivity contribution in [2.24, 2.45) is 5.41 Å². The molecule has 1 aromatic heterocycles. The molecule has 15 heavy (non-hydrogen) atoms. The van der Waals surface area contributed by atoms with E-state index in [0.29, 0.717) is 0 Å². The van der Waals surface area contributed by atoms with Crippen LogP contribution in [0, 0.1) is 5.41 Å². The van der Waals surface area contributed by atoms with E-state index >= 15 is 0 Å². The van der Waals surface area contributed by atoms with Crippen LogP contribution >= 0.6 is 27.3 Å². The first-order valence-electron chi connectivity index (χ1n) is 5.11. The van der Waals surface area contributed by atoms with E-state index < -0.39 is 0 Å². The van der Waals surface area contributed by atoms with Crippen LogP contribution in [0.4, 0.5) is 0 Å². The average molecular weight is 288 g/mol. The van der Waals surface area contributed by atoms with E-state index in [1.165, 1.54) is 0 Å². The third kappa shape index (κ3) is 2.17. The van der Waals surface area contributed by atoms with Crippen LogP contribution in [0.5, 0.6) is 0 Å². The Bertz CT molecular complexity index is 368. The van der Waals surface area contributed by atoms with Crippen LogP contribution in [0.3, 0.4) is 0 Å². The smallest absolute Gasteiger partial charge is 0.171 e. The standard InChI is InChI=1S/C11H14BrNOS/c1-11(3-2-4-13-7-11)10(14)8-5-15-6-9(8)12/h5-6,13H,2-4,7H2,1H3. The summed E-state index contributed by atoms with van der Waals surface area (Å²) in [6.45, 7) is 3.90. The van der Waals surface area contributed by atoms with Crippen molar-refractivity contribution in [2.45, 2.75) is 19.8 Å². The van der Waals surface area contributed by atoms with Crippen LogP contribution in [-0.2, 0) is 0 Å². The number of Topliss-reactive ketones (excluding diaryl/α,β-unsaturated/α-hetero) is 1. The van der Waals surface area contributed by atoms with Gasteiger partial charge in [0.25, 0.3) is 0 Å². The van der Waals surface area contributed by atoms with E-state index in [1.807, 2.05) is 10.8 Å². The van der Waals surface area contributed by atoms with Gasteiger partial charge >= 0.3 is 0 Å². The van der Waals surface area contributed by atoms with Crippen LogP contribution in [-0.4, -0.2) is 18.9 Å². The molecule has 0 bridgehead atoms. The lowest BCUT2D eigenvalue weighted by Gasteiger charge is -2.32. The highest BCUT2D eigenvalue weighted by Gasteiger charge is 2.36. The number of carbonyl (C=O) groups is 1. The first-order chi connectivity index (χ1) is 7.13. The van der Waals surface area contributed by atoms with Crippen molar-refractivity contribution in [1.82, 2.24) is 5.32 Å². The maximum atomic E-state index is 12.3. The summed E-state index contributed by atoms with van der Waals surface area (Å²) in [6, 6.07) is 0. The fraction of sp³-hybridized carbons (Fsp3) is 0.545. The van der Waals surface area contributed by atoms with Crippen molar-refractivity contribution in [3.63, 3.8) is 0 Å². The molecule has 1 aliphatic heterocycles. The molecule has 2 heterocycles. The molecule has 0 spiro atoms. The van der Waals surface area contributed by atoms with Gasteiger partial charge < -0.3 is 5.32 Å². The number of thiophene rings is 1. The topological polar surface area (TPSA) is 29.1 Å². The van der Waals surface area contributed by atoms with Gasteiger partial charge in [-0.3, -0.25) is 4.79 Å². The summed E-state index contributed by atoms with van der Waals surface area (Å²) in [7, 11) is 0. The Morgan fingerprint density at radius 3 is 2.93 bits per heavy atom. The lowest BCUT2D eigenvalue weighted by molar-refractivity contribution is 0.0772. The highest BCUT2D eigenvalue weighted by Crippen LogP contribution is 2.33. The molecule has 0 aliphatic carbocycles. The molecule has 1 fully saturated rings. The van der Waals surface area contributed by atoms with Crippen molar-refractivity contribution in [3.05, 3.63) is 20.8 Å². The van der Waals surface area contributed by atoms with Crippen molar-refractivity contribution in [1.29, 1.82) is 0 Å². The monoisotopic (exact) mass is 287 g/mol. The Labute approximate surface area is 102 Å².